The Hall–Kier alpha value is -1.60. The van der Waals surface area contributed by atoms with Crippen LogP contribution in [0.15, 0.2) is 6.07 Å². The van der Waals surface area contributed by atoms with Gasteiger partial charge in [-0.25, -0.2) is 0 Å². The second-order valence-electron chi connectivity index (χ2n) is 5.89. The topological polar surface area (TPSA) is 79.6 Å². The van der Waals surface area contributed by atoms with Crippen molar-refractivity contribution in [1.82, 2.24) is 15.1 Å². The van der Waals surface area contributed by atoms with Crippen LogP contribution in [0.1, 0.15) is 30.4 Å². The van der Waals surface area contributed by atoms with Gasteiger partial charge < -0.3 is 20.1 Å². The fraction of sp³-hybridized carbons (Fsp3) is 0.714. The number of hydrogen-bond donors (Lipinski definition) is 2. The third-order valence-electron chi connectivity index (χ3n) is 4.35. The van der Waals surface area contributed by atoms with Gasteiger partial charge in [0.15, 0.2) is 5.82 Å². The highest BCUT2D eigenvalue weighted by molar-refractivity contribution is 5.94. The number of ether oxygens (including phenoxy) is 1. The summed E-state index contributed by atoms with van der Waals surface area (Å²) in [6.07, 6.45) is 0. The average molecular weight is 294 g/mol. The van der Waals surface area contributed by atoms with E-state index in [0.717, 1.165) is 12.4 Å². The Morgan fingerprint density at radius 2 is 2.43 bits per heavy atom. The van der Waals surface area contributed by atoms with Crippen molar-refractivity contribution in [2.75, 3.05) is 37.8 Å². The van der Waals surface area contributed by atoms with E-state index in [0.29, 0.717) is 25.5 Å². The molecular weight excluding hydrogens is 272 g/mol. The molecule has 116 valence electrons. The van der Waals surface area contributed by atoms with Gasteiger partial charge in [0.05, 0.1) is 25.3 Å². The first-order valence-electron chi connectivity index (χ1n) is 7.44. The van der Waals surface area contributed by atoms with E-state index in [2.05, 4.69) is 22.2 Å². The molecule has 1 amide bonds. The number of amides is 1. The standard InChI is InChI=1S/C14H22N4O3/c1-9(7-19)12-6-15-14(20)11-5-13(16-18(11)12)17-3-4-21-8-10(17)2/h5,9-10,12,19H,3-4,6-8H2,1-2H3,(H,15,20)/t9-,10+,12+/m0/s1. The second-order valence-corrected chi connectivity index (χ2v) is 5.89. The number of aliphatic hydroxyl groups excluding tert-OH is 1. The zero-order chi connectivity index (χ0) is 15.0. The molecule has 0 saturated carbocycles. The number of aromatic nitrogens is 2. The molecule has 3 heterocycles. The zero-order valence-corrected chi connectivity index (χ0v) is 12.5. The molecule has 0 aromatic carbocycles. The van der Waals surface area contributed by atoms with Crippen LogP contribution >= 0.6 is 0 Å². The van der Waals surface area contributed by atoms with Crippen LogP contribution in [0.5, 0.6) is 0 Å². The highest BCUT2D eigenvalue weighted by atomic mass is 16.5. The molecule has 1 aromatic heterocycles. The number of morpholine rings is 1. The van der Waals surface area contributed by atoms with Crippen molar-refractivity contribution in [1.29, 1.82) is 0 Å². The molecule has 1 saturated heterocycles. The van der Waals surface area contributed by atoms with Gasteiger partial charge in [-0.1, -0.05) is 6.92 Å². The van der Waals surface area contributed by atoms with Crippen molar-refractivity contribution in [3.8, 4) is 0 Å². The monoisotopic (exact) mass is 294 g/mol. The Balaban J connectivity index is 1.93. The molecule has 1 fully saturated rings. The maximum Gasteiger partial charge on any atom is 0.269 e. The van der Waals surface area contributed by atoms with Crippen molar-refractivity contribution >= 4 is 11.7 Å². The van der Waals surface area contributed by atoms with Crippen molar-refractivity contribution in [3.63, 3.8) is 0 Å². The Morgan fingerprint density at radius 1 is 1.62 bits per heavy atom. The van der Waals surface area contributed by atoms with Crippen molar-refractivity contribution < 1.29 is 14.6 Å². The molecule has 3 atom stereocenters. The minimum Gasteiger partial charge on any atom is -0.396 e. The fourth-order valence-corrected chi connectivity index (χ4v) is 2.95. The minimum absolute atomic E-state index is 0.00667. The van der Waals surface area contributed by atoms with E-state index >= 15 is 0 Å². The summed E-state index contributed by atoms with van der Waals surface area (Å²) in [6.45, 7) is 6.76. The average Bonchev–Trinajstić information content (AvgIpc) is 2.93. The number of nitrogens with one attached hydrogen (secondary N) is 1. The van der Waals surface area contributed by atoms with E-state index in [1.165, 1.54) is 0 Å². The number of carbonyl (C=O) groups excluding carboxylic acids is 1. The largest absolute Gasteiger partial charge is 0.396 e. The predicted molar refractivity (Wildman–Crippen MR) is 77.5 cm³/mol. The molecule has 7 heteroatoms. The van der Waals surface area contributed by atoms with Gasteiger partial charge >= 0.3 is 0 Å². The van der Waals surface area contributed by atoms with Gasteiger partial charge in [-0.2, -0.15) is 5.10 Å². The van der Waals surface area contributed by atoms with E-state index in [1.807, 2.05) is 13.0 Å². The van der Waals surface area contributed by atoms with Crippen LogP contribution in [0, 0.1) is 5.92 Å². The van der Waals surface area contributed by atoms with E-state index in [4.69, 9.17) is 4.74 Å². The highest BCUT2D eigenvalue weighted by Gasteiger charge is 2.32. The van der Waals surface area contributed by atoms with Crippen LogP contribution in [-0.2, 0) is 4.74 Å². The quantitative estimate of drug-likeness (QED) is 0.821. The van der Waals surface area contributed by atoms with Crippen LogP contribution in [0.25, 0.3) is 0 Å². The molecule has 1 aromatic rings. The number of fused-ring (bicyclic) bond motifs is 1. The summed E-state index contributed by atoms with van der Waals surface area (Å²) in [6, 6.07) is 2.08. The van der Waals surface area contributed by atoms with Gasteiger partial charge in [0.1, 0.15) is 5.69 Å². The summed E-state index contributed by atoms with van der Waals surface area (Å²) in [7, 11) is 0. The molecule has 21 heavy (non-hydrogen) atoms. The van der Waals surface area contributed by atoms with Gasteiger partial charge in [0.25, 0.3) is 5.91 Å². The number of aliphatic hydroxyl groups is 1. The van der Waals surface area contributed by atoms with Gasteiger partial charge in [0.2, 0.25) is 0 Å². The number of rotatable bonds is 3. The molecule has 0 unspecified atom stereocenters. The lowest BCUT2D eigenvalue weighted by Gasteiger charge is -2.33. The molecule has 2 N–H and O–H groups in total. The van der Waals surface area contributed by atoms with Crippen molar-refractivity contribution in [2.24, 2.45) is 5.92 Å². The Kier molecular flexibility index (Phi) is 3.86. The second kappa shape index (κ2) is 5.65. The number of hydrogen-bond acceptors (Lipinski definition) is 5. The first-order chi connectivity index (χ1) is 10.1. The number of nitrogens with zero attached hydrogens (tertiary/aromatic N) is 3. The lowest BCUT2D eigenvalue weighted by atomic mass is 10.0. The van der Waals surface area contributed by atoms with Gasteiger partial charge in [-0.3, -0.25) is 9.48 Å². The molecule has 2 aliphatic heterocycles. The van der Waals surface area contributed by atoms with E-state index in [9.17, 15) is 9.90 Å². The molecular formula is C14H22N4O3. The smallest absolute Gasteiger partial charge is 0.269 e. The third-order valence-corrected chi connectivity index (χ3v) is 4.35. The summed E-state index contributed by atoms with van der Waals surface area (Å²) in [5.74, 6) is 0.753. The van der Waals surface area contributed by atoms with Crippen LogP contribution in [-0.4, -0.2) is 59.7 Å². The number of anilines is 1. The van der Waals surface area contributed by atoms with Crippen molar-refractivity contribution in [2.45, 2.75) is 25.9 Å². The highest BCUT2D eigenvalue weighted by Crippen LogP contribution is 2.27. The van der Waals surface area contributed by atoms with Gasteiger partial charge in [-0.15, -0.1) is 0 Å². The summed E-state index contributed by atoms with van der Waals surface area (Å²) in [5.41, 5.74) is 0.570. The van der Waals surface area contributed by atoms with Crippen LogP contribution in [0.4, 0.5) is 5.82 Å². The van der Waals surface area contributed by atoms with Crippen LogP contribution < -0.4 is 10.2 Å². The molecule has 0 radical (unpaired) electrons. The first kappa shape index (κ1) is 14.3. The Morgan fingerprint density at radius 3 is 3.14 bits per heavy atom. The molecule has 0 bridgehead atoms. The summed E-state index contributed by atoms with van der Waals surface area (Å²) < 4.78 is 7.22. The lowest BCUT2D eigenvalue weighted by Crippen LogP contribution is -2.44. The molecule has 3 rings (SSSR count). The SMILES string of the molecule is C[C@@H]1COCCN1c1cc2n(n1)[C@@H]([C@@H](C)CO)CNC2=O. The normalized spacial score (nSPS) is 27.2. The predicted octanol–water partition coefficient (Wildman–Crippen LogP) is 0.0211. The van der Waals surface area contributed by atoms with Crippen LogP contribution in [0.2, 0.25) is 0 Å². The molecule has 2 aliphatic rings. The maximum absolute atomic E-state index is 12.0. The number of carbonyl (C=O) groups is 1. The van der Waals surface area contributed by atoms with Gasteiger partial charge in [0, 0.05) is 31.7 Å². The first-order valence-corrected chi connectivity index (χ1v) is 7.44. The van der Waals surface area contributed by atoms with Crippen molar-refractivity contribution in [3.05, 3.63) is 11.8 Å². The molecule has 0 aliphatic carbocycles. The zero-order valence-electron chi connectivity index (χ0n) is 12.5. The fourth-order valence-electron chi connectivity index (χ4n) is 2.95. The van der Waals surface area contributed by atoms with E-state index in [1.54, 1.807) is 4.68 Å². The molecule has 0 spiro atoms. The summed E-state index contributed by atoms with van der Waals surface area (Å²) in [4.78, 5) is 14.2. The Bertz CT molecular complexity index is 530. The minimum atomic E-state index is -0.101. The summed E-state index contributed by atoms with van der Waals surface area (Å²) >= 11 is 0. The van der Waals surface area contributed by atoms with Crippen LogP contribution in [0.3, 0.4) is 0 Å². The van der Waals surface area contributed by atoms with E-state index in [-0.39, 0.29) is 30.5 Å². The maximum atomic E-state index is 12.0. The van der Waals surface area contributed by atoms with E-state index < -0.39 is 0 Å². The Labute approximate surface area is 123 Å². The molecule has 7 nitrogen and oxygen atoms in total. The van der Waals surface area contributed by atoms with Gasteiger partial charge in [-0.05, 0) is 6.92 Å². The summed E-state index contributed by atoms with van der Waals surface area (Å²) in [5, 5.41) is 16.9. The lowest BCUT2D eigenvalue weighted by molar-refractivity contribution is 0.0873. The third kappa shape index (κ3) is 2.51.